The Hall–Kier alpha value is -3.22. The highest BCUT2D eigenvalue weighted by Crippen LogP contribution is 2.46. The number of halogens is 2. The average Bonchev–Trinajstić information content (AvgIpc) is 3.71. The fourth-order valence-corrected chi connectivity index (χ4v) is 5.93. The molecule has 0 bridgehead atoms. The second-order valence-electron chi connectivity index (χ2n) is 10.1. The van der Waals surface area contributed by atoms with E-state index in [-0.39, 0.29) is 6.10 Å². The summed E-state index contributed by atoms with van der Waals surface area (Å²) in [5.41, 5.74) is 4.53. The molecule has 2 amide bonds. The van der Waals surface area contributed by atoms with Crippen LogP contribution in [0.1, 0.15) is 42.9 Å². The lowest BCUT2D eigenvalue weighted by molar-refractivity contribution is 0.0246. The number of anilines is 2. The maximum absolute atomic E-state index is 11.7. The molecule has 4 aromatic rings. The van der Waals surface area contributed by atoms with Crippen molar-refractivity contribution >= 4 is 62.8 Å². The topological polar surface area (TPSA) is 130 Å². The second kappa shape index (κ2) is 11.9. The van der Waals surface area contributed by atoms with Crippen LogP contribution >= 0.6 is 23.2 Å². The molecule has 2 fully saturated rings. The van der Waals surface area contributed by atoms with E-state index in [1.807, 2.05) is 29.0 Å². The van der Waals surface area contributed by atoms with Crippen LogP contribution in [-0.2, 0) is 22.6 Å². The molecule has 10 nitrogen and oxygen atoms in total. The molecule has 1 saturated heterocycles. The van der Waals surface area contributed by atoms with Crippen molar-refractivity contribution in [2.24, 2.45) is 0 Å². The predicted octanol–water partition coefficient (Wildman–Crippen LogP) is 6.52. The normalized spacial score (nSPS) is 16.6. The number of hydrogen-bond donors (Lipinski definition) is 3. The maximum Gasteiger partial charge on any atom is 0.332 e. The van der Waals surface area contributed by atoms with Gasteiger partial charge in [0.1, 0.15) is 11.5 Å². The Morgan fingerprint density at radius 2 is 1.88 bits per heavy atom. The molecule has 1 saturated carbocycles. The highest BCUT2D eigenvalue weighted by atomic mass is 35.5. The number of urea groups is 1. The van der Waals surface area contributed by atoms with Crippen LogP contribution in [0.3, 0.4) is 0 Å². The van der Waals surface area contributed by atoms with E-state index in [4.69, 9.17) is 37.0 Å². The number of pyridine rings is 1. The van der Waals surface area contributed by atoms with Gasteiger partial charge in [0.05, 0.1) is 40.2 Å². The third-order valence-corrected chi connectivity index (χ3v) is 8.33. The van der Waals surface area contributed by atoms with Crippen molar-refractivity contribution < 1.29 is 22.8 Å². The number of carbonyl (C=O) groups is 1. The van der Waals surface area contributed by atoms with Gasteiger partial charge in [-0.05, 0) is 56.0 Å². The fourth-order valence-electron chi connectivity index (χ4n) is 5.14. The number of ether oxygens (including phenoxy) is 1. The van der Waals surface area contributed by atoms with Gasteiger partial charge in [-0.2, -0.15) is 0 Å². The third kappa shape index (κ3) is 6.34. The van der Waals surface area contributed by atoms with E-state index >= 15 is 0 Å². The van der Waals surface area contributed by atoms with Gasteiger partial charge in [-0.1, -0.05) is 40.5 Å². The number of piperidine rings is 1. The van der Waals surface area contributed by atoms with Gasteiger partial charge in [-0.15, -0.1) is 0 Å². The number of fused-ring (bicyclic) bond motifs is 1. The number of nitrogens with one attached hydrogen (secondary N) is 2. The molecule has 13 heteroatoms. The standard InChI is InChI=1S/C28H27Cl2N5O5S/c29-22-2-1-3-23(30)25(22)26-21(27(40-33-26)16-4-5-16)15-39-20-8-10-35(11-9-20)19-7-6-17-12-18(14-31-24(17)13-19)32-28(36)34-41(37)38/h1-3,6-7,12-14,16,20H,4-5,8-11,15H2,(H,37,38)(H2,32,34,36). The Morgan fingerprint density at radius 1 is 1.12 bits per heavy atom. The molecule has 2 aromatic heterocycles. The van der Waals surface area contributed by atoms with Crippen molar-refractivity contribution in [1.29, 1.82) is 0 Å². The van der Waals surface area contributed by atoms with Gasteiger partial charge in [0.2, 0.25) is 0 Å². The van der Waals surface area contributed by atoms with E-state index in [9.17, 15) is 9.00 Å². The first-order chi connectivity index (χ1) is 19.9. The third-order valence-electron chi connectivity index (χ3n) is 7.34. The SMILES string of the molecule is O=C(Nc1cnc2cc(N3CCC(OCc4c(-c5c(Cl)cccc5Cl)noc4C4CC4)CC3)ccc2c1)NS(=O)O. The number of aromatic nitrogens is 2. The van der Waals surface area contributed by atoms with E-state index in [1.54, 1.807) is 18.2 Å². The summed E-state index contributed by atoms with van der Waals surface area (Å²) in [5.74, 6) is 1.24. The van der Waals surface area contributed by atoms with Gasteiger partial charge in [0.25, 0.3) is 11.3 Å². The first kappa shape index (κ1) is 27.9. The number of rotatable bonds is 8. The first-order valence-corrected chi connectivity index (χ1v) is 15.1. The number of hydrogen-bond acceptors (Lipinski definition) is 7. The molecule has 3 heterocycles. The maximum atomic E-state index is 11.7. The molecule has 2 aromatic carbocycles. The Bertz CT molecular complexity index is 1600. The number of benzene rings is 2. The molecule has 6 rings (SSSR count). The van der Waals surface area contributed by atoms with E-state index in [2.05, 4.69) is 20.4 Å². The first-order valence-electron chi connectivity index (χ1n) is 13.2. The van der Waals surface area contributed by atoms with Crippen molar-refractivity contribution in [3.63, 3.8) is 0 Å². The van der Waals surface area contributed by atoms with Crippen LogP contribution in [0.2, 0.25) is 10.0 Å². The molecule has 0 spiro atoms. The quantitative estimate of drug-likeness (QED) is 0.191. The van der Waals surface area contributed by atoms with Gasteiger partial charge >= 0.3 is 6.03 Å². The van der Waals surface area contributed by atoms with Crippen molar-refractivity contribution in [1.82, 2.24) is 14.9 Å². The molecular formula is C28H27Cl2N5O5S. The van der Waals surface area contributed by atoms with Crippen molar-refractivity contribution in [2.45, 2.75) is 44.3 Å². The van der Waals surface area contributed by atoms with Gasteiger partial charge in [-0.3, -0.25) is 9.54 Å². The summed E-state index contributed by atoms with van der Waals surface area (Å²) in [5, 5.41) is 8.75. The van der Waals surface area contributed by atoms with E-state index < -0.39 is 17.3 Å². The highest BCUT2D eigenvalue weighted by molar-refractivity contribution is 7.77. The molecule has 1 unspecified atom stereocenters. The van der Waals surface area contributed by atoms with Gasteiger partial charge in [0.15, 0.2) is 0 Å². The Balaban J connectivity index is 1.09. The minimum atomic E-state index is -2.44. The summed E-state index contributed by atoms with van der Waals surface area (Å²) >= 11 is 10.5. The summed E-state index contributed by atoms with van der Waals surface area (Å²) < 4.78 is 33.5. The van der Waals surface area contributed by atoms with Crippen LogP contribution in [-0.4, -0.2) is 44.1 Å². The van der Waals surface area contributed by atoms with Crippen molar-refractivity contribution in [2.75, 3.05) is 23.3 Å². The Kier molecular flexibility index (Phi) is 8.14. The lowest BCUT2D eigenvalue weighted by atomic mass is 10.0. The number of nitrogens with zero attached hydrogens (tertiary/aromatic N) is 3. The zero-order chi connectivity index (χ0) is 28.5. The van der Waals surface area contributed by atoms with Crippen LogP contribution in [0, 0.1) is 0 Å². The lowest BCUT2D eigenvalue weighted by Gasteiger charge is -2.33. The van der Waals surface area contributed by atoms with Crippen molar-refractivity contribution in [3.05, 3.63) is 70.0 Å². The minimum Gasteiger partial charge on any atom is -0.373 e. The van der Waals surface area contributed by atoms with Gasteiger partial charge < -0.3 is 19.5 Å². The second-order valence-corrected chi connectivity index (χ2v) is 11.7. The fraction of sp³-hybridized carbons (Fsp3) is 0.321. The summed E-state index contributed by atoms with van der Waals surface area (Å²) in [4.78, 5) is 18.4. The summed E-state index contributed by atoms with van der Waals surface area (Å²) in [6.07, 6.45) is 5.49. The van der Waals surface area contributed by atoms with E-state index in [0.29, 0.717) is 39.5 Å². The Labute approximate surface area is 248 Å². The van der Waals surface area contributed by atoms with Crippen LogP contribution in [0.5, 0.6) is 0 Å². The summed E-state index contributed by atoms with van der Waals surface area (Å²) in [6.45, 7) is 2.05. The predicted molar refractivity (Wildman–Crippen MR) is 159 cm³/mol. The molecule has 0 radical (unpaired) electrons. The van der Waals surface area contributed by atoms with Crippen LogP contribution in [0.4, 0.5) is 16.2 Å². The van der Waals surface area contributed by atoms with Crippen LogP contribution in [0.25, 0.3) is 22.2 Å². The van der Waals surface area contributed by atoms with Gasteiger partial charge in [-0.25, -0.2) is 13.7 Å². The lowest BCUT2D eigenvalue weighted by Crippen LogP contribution is -2.37. The largest absolute Gasteiger partial charge is 0.373 e. The van der Waals surface area contributed by atoms with E-state index in [1.165, 1.54) is 6.20 Å². The zero-order valence-electron chi connectivity index (χ0n) is 21.8. The summed E-state index contributed by atoms with van der Waals surface area (Å²) in [7, 11) is 0. The number of carbonyl (C=O) groups excluding carboxylic acids is 1. The average molecular weight is 617 g/mol. The number of amides is 2. The molecule has 1 atom stereocenters. The molecule has 214 valence electrons. The summed E-state index contributed by atoms with van der Waals surface area (Å²) in [6, 6.07) is 12.4. The molecule has 41 heavy (non-hydrogen) atoms. The van der Waals surface area contributed by atoms with E-state index in [0.717, 1.165) is 66.7 Å². The molecule has 3 N–H and O–H groups in total. The highest BCUT2D eigenvalue weighted by Gasteiger charge is 2.34. The van der Waals surface area contributed by atoms with Crippen molar-refractivity contribution in [3.8, 4) is 11.3 Å². The van der Waals surface area contributed by atoms with Gasteiger partial charge in [0, 0.05) is 41.2 Å². The Morgan fingerprint density at radius 3 is 2.59 bits per heavy atom. The minimum absolute atomic E-state index is 0.0920. The molecule has 1 aliphatic heterocycles. The molecule has 1 aliphatic carbocycles. The molecule has 2 aliphatic rings. The monoisotopic (exact) mass is 615 g/mol. The zero-order valence-corrected chi connectivity index (χ0v) is 24.1. The molecular weight excluding hydrogens is 589 g/mol. The van der Waals surface area contributed by atoms with Crippen LogP contribution < -0.4 is 14.9 Å². The smallest absolute Gasteiger partial charge is 0.332 e. The van der Waals surface area contributed by atoms with Crippen LogP contribution in [0.15, 0.2) is 53.2 Å².